The van der Waals surface area contributed by atoms with Crippen molar-refractivity contribution in [1.82, 2.24) is 4.67 Å². The van der Waals surface area contributed by atoms with Crippen molar-refractivity contribution in [1.29, 1.82) is 0 Å². The minimum Gasteiger partial charge on any atom is -0.370 e. The zero-order chi connectivity index (χ0) is 15.9. The van der Waals surface area contributed by atoms with Crippen LogP contribution >= 0.6 is 9.39 Å². The first-order valence-electron chi connectivity index (χ1n) is 7.90. The molecule has 0 amide bonds. The number of piperidine rings is 1. The van der Waals surface area contributed by atoms with Crippen molar-refractivity contribution in [3.63, 3.8) is 0 Å². The van der Waals surface area contributed by atoms with Gasteiger partial charge >= 0.3 is 0 Å². The van der Waals surface area contributed by atoms with Gasteiger partial charge in [-0.15, -0.1) is 0 Å². The van der Waals surface area contributed by atoms with Crippen LogP contribution in [-0.4, -0.2) is 35.8 Å². The molecule has 22 heavy (non-hydrogen) atoms. The molecule has 120 valence electrons. The van der Waals surface area contributed by atoms with E-state index in [1.165, 1.54) is 18.4 Å². The SMILES string of the molecule is CC1(C)CN(CC2CCN(P)CC2)c2cc([N+](=O)[O-])ccc21. The third-order valence-corrected chi connectivity index (χ3v) is 5.49. The van der Waals surface area contributed by atoms with Crippen LogP contribution in [0, 0.1) is 16.0 Å². The van der Waals surface area contributed by atoms with Crippen molar-refractivity contribution in [3.05, 3.63) is 33.9 Å². The molecular formula is C16H24N3O2P. The fourth-order valence-electron chi connectivity index (χ4n) is 3.73. The Morgan fingerprint density at radius 1 is 1.36 bits per heavy atom. The van der Waals surface area contributed by atoms with Crippen LogP contribution in [0.2, 0.25) is 0 Å². The highest BCUT2D eigenvalue weighted by atomic mass is 31.0. The van der Waals surface area contributed by atoms with Gasteiger partial charge in [-0.1, -0.05) is 23.2 Å². The van der Waals surface area contributed by atoms with Gasteiger partial charge in [0.1, 0.15) is 0 Å². The number of hydrogen-bond acceptors (Lipinski definition) is 4. The normalized spacial score (nSPS) is 21.9. The molecule has 0 spiro atoms. The van der Waals surface area contributed by atoms with Gasteiger partial charge in [0.15, 0.2) is 0 Å². The third kappa shape index (κ3) is 2.97. The molecule has 1 aromatic rings. The van der Waals surface area contributed by atoms with E-state index >= 15 is 0 Å². The summed E-state index contributed by atoms with van der Waals surface area (Å²) in [6, 6.07) is 5.34. The van der Waals surface area contributed by atoms with Crippen LogP contribution in [0.25, 0.3) is 0 Å². The standard InChI is InChI=1S/C16H24N3O2P/c1-16(2)11-17(10-12-5-7-18(22)8-6-12)15-9-13(19(20)21)3-4-14(15)16/h3-4,9,12H,5-8,10-11,22H2,1-2H3. The van der Waals surface area contributed by atoms with Gasteiger partial charge < -0.3 is 4.90 Å². The van der Waals surface area contributed by atoms with Crippen LogP contribution in [0.1, 0.15) is 32.3 Å². The fraction of sp³-hybridized carbons (Fsp3) is 0.625. The Kier molecular flexibility index (Phi) is 4.13. The lowest BCUT2D eigenvalue weighted by molar-refractivity contribution is -0.384. The van der Waals surface area contributed by atoms with E-state index < -0.39 is 0 Å². The maximum absolute atomic E-state index is 11.1. The molecule has 1 atom stereocenters. The second-order valence-electron chi connectivity index (χ2n) is 7.20. The highest BCUT2D eigenvalue weighted by Gasteiger charge is 2.37. The molecule has 3 rings (SSSR count). The number of benzene rings is 1. The molecule has 1 aromatic carbocycles. The fourth-order valence-corrected chi connectivity index (χ4v) is 4.02. The topological polar surface area (TPSA) is 49.6 Å². The number of hydrogen-bond donors (Lipinski definition) is 0. The summed E-state index contributed by atoms with van der Waals surface area (Å²) in [5.74, 6) is 0.679. The molecule has 0 radical (unpaired) electrons. The van der Waals surface area contributed by atoms with Crippen LogP contribution in [0.15, 0.2) is 18.2 Å². The molecule has 2 aliphatic rings. The Bertz CT molecular complexity index is 583. The quantitative estimate of drug-likeness (QED) is 0.487. The number of nitrogens with zero attached hydrogens (tertiary/aromatic N) is 3. The lowest BCUT2D eigenvalue weighted by Crippen LogP contribution is -2.36. The molecule has 1 fully saturated rings. The second kappa shape index (κ2) is 5.78. The molecule has 1 saturated heterocycles. The van der Waals surface area contributed by atoms with Gasteiger partial charge in [0.25, 0.3) is 5.69 Å². The Labute approximate surface area is 134 Å². The van der Waals surface area contributed by atoms with Crippen LogP contribution in [0.5, 0.6) is 0 Å². The summed E-state index contributed by atoms with van der Waals surface area (Å²) in [6.45, 7) is 8.65. The van der Waals surface area contributed by atoms with E-state index in [-0.39, 0.29) is 16.0 Å². The average molecular weight is 321 g/mol. The van der Waals surface area contributed by atoms with Gasteiger partial charge in [0.2, 0.25) is 0 Å². The third-order valence-electron chi connectivity index (χ3n) is 4.98. The number of nitro benzene ring substituents is 1. The summed E-state index contributed by atoms with van der Waals surface area (Å²) >= 11 is 0. The molecule has 1 unspecified atom stereocenters. The summed E-state index contributed by atoms with van der Waals surface area (Å²) < 4.78 is 2.29. The highest BCUT2D eigenvalue weighted by Crippen LogP contribution is 2.42. The average Bonchev–Trinajstić information content (AvgIpc) is 2.72. The van der Waals surface area contributed by atoms with E-state index in [1.54, 1.807) is 12.1 Å². The Morgan fingerprint density at radius 2 is 2.05 bits per heavy atom. The lowest BCUT2D eigenvalue weighted by atomic mass is 9.87. The lowest BCUT2D eigenvalue weighted by Gasteiger charge is -2.33. The van der Waals surface area contributed by atoms with E-state index in [1.807, 2.05) is 6.07 Å². The van der Waals surface area contributed by atoms with Crippen LogP contribution in [-0.2, 0) is 5.41 Å². The first-order valence-corrected chi connectivity index (χ1v) is 8.42. The molecule has 0 saturated carbocycles. The summed E-state index contributed by atoms with van der Waals surface area (Å²) in [6.07, 6.45) is 2.40. The molecule has 0 aromatic heterocycles. The zero-order valence-electron chi connectivity index (χ0n) is 13.3. The smallest absolute Gasteiger partial charge is 0.271 e. The number of non-ortho nitro benzene ring substituents is 1. The Hall–Kier alpha value is -1.19. The molecule has 0 aliphatic carbocycles. The summed E-state index contributed by atoms with van der Waals surface area (Å²) in [7, 11) is 2.78. The van der Waals surface area contributed by atoms with Crippen LogP contribution in [0.3, 0.4) is 0 Å². The zero-order valence-corrected chi connectivity index (χ0v) is 14.4. The molecule has 5 nitrogen and oxygen atoms in total. The van der Waals surface area contributed by atoms with Crippen molar-refractivity contribution in [2.24, 2.45) is 5.92 Å². The van der Waals surface area contributed by atoms with Gasteiger partial charge in [-0.3, -0.25) is 14.8 Å². The van der Waals surface area contributed by atoms with Crippen LogP contribution < -0.4 is 4.90 Å². The highest BCUT2D eigenvalue weighted by molar-refractivity contribution is 7.13. The molecule has 6 heteroatoms. The van der Waals surface area contributed by atoms with Gasteiger partial charge in [-0.2, -0.15) is 0 Å². The van der Waals surface area contributed by atoms with Gasteiger partial charge in [0.05, 0.1) is 4.92 Å². The predicted molar refractivity (Wildman–Crippen MR) is 92.3 cm³/mol. The molecular weight excluding hydrogens is 297 g/mol. The molecule has 0 bridgehead atoms. The van der Waals surface area contributed by atoms with E-state index in [9.17, 15) is 10.1 Å². The first-order chi connectivity index (χ1) is 10.4. The summed E-state index contributed by atoms with van der Waals surface area (Å²) in [5.41, 5.74) is 2.56. The molecule has 2 heterocycles. The predicted octanol–water partition coefficient (Wildman–Crippen LogP) is 3.19. The maximum Gasteiger partial charge on any atom is 0.271 e. The van der Waals surface area contributed by atoms with Gasteiger partial charge in [-0.25, -0.2) is 0 Å². The van der Waals surface area contributed by atoms with Crippen LogP contribution in [0.4, 0.5) is 11.4 Å². The van der Waals surface area contributed by atoms with Gasteiger partial charge in [-0.05, 0) is 30.4 Å². The minimum absolute atomic E-state index is 0.0613. The van der Waals surface area contributed by atoms with Crippen molar-refractivity contribution in [3.8, 4) is 0 Å². The minimum atomic E-state index is -0.295. The second-order valence-corrected chi connectivity index (χ2v) is 7.93. The van der Waals surface area contributed by atoms with Crippen molar-refractivity contribution in [2.75, 3.05) is 31.1 Å². The molecule has 0 N–H and O–H groups in total. The Morgan fingerprint density at radius 3 is 2.68 bits per heavy atom. The maximum atomic E-state index is 11.1. The number of nitro groups is 1. The van der Waals surface area contributed by atoms with E-state index in [4.69, 9.17) is 0 Å². The van der Waals surface area contributed by atoms with Crippen molar-refractivity contribution in [2.45, 2.75) is 32.1 Å². The van der Waals surface area contributed by atoms with E-state index in [2.05, 4.69) is 32.8 Å². The van der Waals surface area contributed by atoms with E-state index in [0.717, 1.165) is 31.9 Å². The largest absolute Gasteiger partial charge is 0.370 e. The van der Waals surface area contributed by atoms with E-state index in [0.29, 0.717) is 5.92 Å². The number of fused-ring (bicyclic) bond motifs is 1. The first kappa shape index (κ1) is 15.7. The van der Waals surface area contributed by atoms with Gasteiger partial charge in [0, 0.05) is 49.4 Å². The summed E-state index contributed by atoms with van der Waals surface area (Å²) in [4.78, 5) is 13.1. The van der Waals surface area contributed by atoms with Crippen molar-refractivity contribution < 1.29 is 4.92 Å². The summed E-state index contributed by atoms with van der Waals surface area (Å²) in [5, 5.41) is 11.1. The number of rotatable bonds is 3. The number of anilines is 1. The Balaban J connectivity index is 1.82. The molecule has 2 aliphatic heterocycles. The monoisotopic (exact) mass is 321 g/mol. The van der Waals surface area contributed by atoms with Crippen molar-refractivity contribution >= 4 is 20.8 Å².